The van der Waals surface area contributed by atoms with Crippen LogP contribution >= 0.6 is 11.3 Å². The second kappa shape index (κ2) is 5.99. The number of hydrogen-bond donors (Lipinski definition) is 0. The fraction of sp³-hybridized carbons (Fsp3) is 0.300. The molecule has 1 aliphatic rings. The summed E-state index contributed by atoms with van der Waals surface area (Å²) in [7, 11) is 1.75. The van der Waals surface area contributed by atoms with E-state index in [0.29, 0.717) is 5.92 Å². The molecule has 2 nitrogen and oxygen atoms in total. The number of likely N-dealkylation sites (N-methyl/N-ethyl adjacent to an activating group) is 1. The summed E-state index contributed by atoms with van der Waals surface area (Å²) in [6.07, 6.45) is 0. The average molecular weight is 323 g/mol. The fourth-order valence-corrected chi connectivity index (χ4v) is 4.49. The third kappa shape index (κ3) is 2.54. The van der Waals surface area contributed by atoms with Crippen LogP contribution in [0.25, 0.3) is 10.1 Å². The van der Waals surface area contributed by atoms with Gasteiger partial charge < -0.3 is 4.74 Å². The van der Waals surface area contributed by atoms with Crippen LogP contribution in [0, 0.1) is 0 Å². The molecule has 0 N–H and O–H groups in total. The van der Waals surface area contributed by atoms with E-state index in [1.165, 1.54) is 26.8 Å². The Bertz CT molecular complexity index is 839. The van der Waals surface area contributed by atoms with Gasteiger partial charge in [0.2, 0.25) is 0 Å². The molecule has 0 saturated heterocycles. The molecule has 4 rings (SSSR count). The lowest BCUT2D eigenvalue weighted by molar-refractivity contribution is 0.253. The van der Waals surface area contributed by atoms with Crippen LogP contribution in [-0.4, -0.2) is 25.1 Å². The normalized spacial score (nSPS) is 18.1. The molecule has 2 aromatic carbocycles. The largest absolute Gasteiger partial charge is 0.495 e. The predicted octanol–water partition coefficient (Wildman–Crippen LogP) is 4.88. The highest BCUT2D eigenvalue weighted by Gasteiger charge is 2.25. The zero-order valence-electron chi connectivity index (χ0n) is 13.6. The first-order valence-electron chi connectivity index (χ1n) is 8.15. The van der Waals surface area contributed by atoms with Crippen LogP contribution < -0.4 is 4.74 Å². The summed E-state index contributed by atoms with van der Waals surface area (Å²) < 4.78 is 6.82. The highest BCUT2D eigenvalue weighted by molar-refractivity contribution is 7.17. The third-order valence-electron chi connectivity index (χ3n) is 4.90. The summed E-state index contributed by atoms with van der Waals surface area (Å²) in [6, 6.07) is 15.7. The van der Waals surface area contributed by atoms with E-state index in [0.717, 1.165) is 25.4 Å². The van der Waals surface area contributed by atoms with E-state index in [1.807, 2.05) is 0 Å². The van der Waals surface area contributed by atoms with Crippen LogP contribution in [0.5, 0.6) is 5.75 Å². The monoisotopic (exact) mass is 323 g/mol. The maximum absolute atomic E-state index is 5.52. The van der Waals surface area contributed by atoms with Crippen molar-refractivity contribution < 1.29 is 4.74 Å². The van der Waals surface area contributed by atoms with Crippen molar-refractivity contribution in [2.45, 2.75) is 19.4 Å². The number of ether oxygens (including phenoxy) is 1. The molecule has 23 heavy (non-hydrogen) atoms. The minimum atomic E-state index is 0.439. The van der Waals surface area contributed by atoms with Gasteiger partial charge in [0.25, 0.3) is 0 Å². The predicted molar refractivity (Wildman–Crippen MR) is 97.6 cm³/mol. The lowest BCUT2D eigenvalue weighted by Gasteiger charge is -2.34. The topological polar surface area (TPSA) is 12.5 Å². The Kier molecular flexibility index (Phi) is 3.83. The zero-order chi connectivity index (χ0) is 15.8. The van der Waals surface area contributed by atoms with Crippen molar-refractivity contribution in [2.24, 2.45) is 0 Å². The number of fused-ring (bicyclic) bond motifs is 2. The van der Waals surface area contributed by atoms with Gasteiger partial charge in [-0.05, 0) is 35.4 Å². The van der Waals surface area contributed by atoms with E-state index < -0.39 is 0 Å². The van der Waals surface area contributed by atoms with Gasteiger partial charge in [-0.2, -0.15) is 0 Å². The van der Waals surface area contributed by atoms with E-state index >= 15 is 0 Å². The van der Waals surface area contributed by atoms with Gasteiger partial charge in [0.15, 0.2) is 0 Å². The van der Waals surface area contributed by atoms with Gasteiger partial charge in [-0.15, -0.1) is 11.3 Å². The van der Waals surface area contributed by atoms with Crippen LogP contribution in [0.3, 0.4) is 0 Å². The number of nitrogens with zero attached hydrogens (tertiary/aromatic N) is 1. The first-order chi connectivity index (χ1) is 11.3. The second-order valence-electron chi connectivity index (χ2n) is 6.14. The molecule has 3 heteroatoms. The van der Waals surface area contributed by atoms with Crippen molar-refractivity contribution in [3.8, 4) is 5.75 Å². The minimum Gasteiger partial charge on any atom is -0.495 e. The molecular weight excluding hydrogens is 302 g/mol. The summed E-state index contributed by atoms with van der Waals surface area (Å²) in [5.41, 5.74) is 4.33. The SMILES string of the molecule is CCN1Cc2ccccc2C(c2ccc3scc(OC)c3c2)C1. The van der Waals surface area contributed by atoms with Crippen molar-refractivity contribution >= 4 is 21.4 Å². The zero-order valence-corrected chi connectivity index (χ0v) is 14.4. The number of benzene rings is 2. The van der Waals surface area contributed by atoms with Gasteiger partial charge in [-0.25, -0.2) is 0 Å². The molecule has 0 spiro atoms. The third-order valence-corrected chi connectivity index (χ3v) is 5.84. The molecule has 0 bridgehead atoms. The minimum absolute atomic E-state index is 0.439. The summed E-state index contributed by atoms with van der Waals surface area (Å²) >= 11 is 1.75. The lowest BCUT2D eigenvalue weighted by atomic mass is 9.84. The van der Waals surface area contributed by atoms with Gasteiger partial charge in [-0.1, -0.05) is 37.3 Å². The molecule has 1 atom stereocenters. The maximum Gasteiger partial charge on any atom is 0.137 e. The molecule has 1 aromatic heterocycles. The maximum atomic E-state index is 5.52. The second-order valence-corrected chi connectivity index (χ2v) is 7.05. The number of thiophene rings is 1. The number of hydrogen-bond acceptors (Lipinski definition) is 3. The van der Waals surface area contributed by atoms with Crippen molar-refractivity contribution in [1.82, 2.24) is 4.90 Å². The Labute approximate surface area is 141 Å². The number of methoxy groups -OCH3 is 1. The molecule has 0 saturated carbocycles. The molecule has 0 radical (unpaired) electrons. The Balaban J connectivity index is 1.82. The summed E-state index contributed by atoms with van der Waals surface area (Å²) in [5.74, 6) is 1.43. The van der Waals surface area contributed by atoms with Crippen molar-refractivity contribution in [3.05, 3.63) is 64.5 Å². The van der Waals surface area contributed by atoms with Gasteiger partial charge >= 0.3 is 0 Å². The van der Waals surface area contributed by atoms with Gasteiger partial charge in [0.05, 0.1) is 7.11 Å². The van der Waals surface area contributed by atoms with E-state index in [2.05, 4.69) is 59.7 Å². The average Bonchev–Trinajstić information content (AvgIpc) is 3.03. The smallest absolute Gasteiger partial charge is 0.137 e. The van der Waals surface area contributed by atoms with E-state index in [9.17, 15) is 0 Å². The highest BCUT2D eigenvalue weighted by Crippen LogP contribution is 2.38. The Hall–Kier alpha value is -1.84. The van der Waals surface area contributed by atoms with Crippen LogP contribution in [0.4, 0.5) is 0 Å². The molecule has 0 amide bonds. The van der Waals surface area contributed by atoms with Crippen molar-refractivity contribution in [3.63, 3.8) is 0 Å². The van der Waals surface area contributed by atoms with Crippen molar-refractivity contribution in [2.75, 3.05) is 20.2 Å². The summed E-state index contributed by atoms with van der Waals surface area (Å²) in [6.45, 7) is 5.49. The quantitative estimate of drug-likeness (QED) is 0.681. The molecule has 0 aliphatic carbocycles. The molecule has 2 heterocycles. The van der Waals surface area contributed by atoms with Gasteiger partial charge in [0, 0.05) is 34.5 Å². The molecular formula is C20H21NOS. The van der Waals surface area contributed by atoms with E-state index in [-0.39, 0.29) is 0 Å². The Morgan fingerprint density at radius 2 is 2.09 bits per heavy atom. The molecule has 3 aromatic rings. The van der Waals surface area contributed by atoms with Gasteiger partial charge in [-0.3, -0.25) is 4.90 Å². The molecule has 1 aliphatic heterocycles. The fourth-order valence-electron chi connectivity index (χ4n) is 3.60. The molecule has 118 valence electrons. The van der Waals surface area contributed by atoms with Crippen LogP contribution in [-0.2, 0) is 6.54 Å². The summed E-state index contributed by atoms with van der Waals surface area (Å²) in [5, 5.41) is 3.34. The first-order valence-corrected chi connectivity index (χ1v) is 9.03. The Morgan fingerprint density at radius 3 is 2.91 bits per heavy atom. The lowest BCUT2D eigenvalue weighted by Crippen LogP contribution is -2.33. The Morgan fingerprint density at radius 1 is 1.22 bits per heavy atom. The molecule has 0 fully saturated rings. The van der Waals surface area contributed by atoms with E-state index in [1.54, 1.807) is 18.4 Å². The number of rotatable bonds is 3. The standard InChI is InChI=1S/C20H21NOS/c1-3-21-11-15-6-4-5-7-16(15)18(12-21)14-8-9-20-17(10-14)19(22-2)13-23-20/h4-10,13,18H,3,11-12H2,1-2H3. The van der Waals surface area contributed by atoms with Gasteiger partial charge in [0.1, 0.15) is 5.75 Å². The highest BCUT2D eigenvalue weighted by atomic mass is 32.1. The van der Waals surface area contributed by atoms with Crippen LogP contribution in [0.15, 0.2) is 47.8 Å². The van der Waals surface area contributed by atoms with Crippen molar-refractivity contribution in [1.29, 1.82) is 0 Å². The van der Waals surface area contributed by atoms with E-state index in [4.69, 9.17) is 4.74 Å². The first kappa shape index (κ1) is 14.7. The summed E-state index contributed by atoms with van der Waals surface area (Å²) in [4.78, 5) is 2.53. The molecule has 1 unspecified atom stereocenters. The van der Waals surface area contributed by atoms with Crippen LogP contribution in [0.2, 0.25) is 0 Å². The van der Waals surface area contributed by atoms with Crippen LogP contribution in [0.1, 0.15) is 29.5 Å².